The van der Waals surface area contributed by atoms with Crippen molar-refractivity contribution in [3.05, 3.63) is 78.5 Å². The van der Waals surface area contributed by atoms with Crippen molar-refractivity contribution in [1.82, 2.24) is 9.97 Å². The molecule has 0 bridgehead atoms. The zero-order valence-corrected chi connectivity index (χ0v) is 13.9. The Bertz CT molecular complexity index is 783. The van der Waals surface area contributed by atoms with E-state index < -0.39 is 0 Å². The van der Waals surface area contributed by atoms with Crippen molar-refractivity contribution in [2.24, 2.45) is 0 Å². The first kappa shape index (κ1) is 16.5. The molecule has 0 spiro atoms. The van der Waals surface area contributed by atoms with Gasteiger partial charge in [0.15, 0.2) is 5.75 Å². The van der Waals surface area contributed by atoms with Gasteiger partial charge in [-0.15, -0.1) is 0 Å². The summed E-state index contributed by atoms with van der Waals surface area (Å²) in [7, 11) is 0. The van der Waals surface area contributed by atoms with E-state index in [1.165, 1.54) is 29.5 Å². The molecule has 2 aromatic heterocycles. The summed E-state index contributed by atoms with van der Waals surface area (Å²) in [5.74, 6) is 0.466. The van der Waals surface area contributed by atoms with E-state index in [2.05, 4.69) is 16.0 Å². The number of pyridine rings is 2. The SMILES string of the molecule is Fc1cccc(Sc2ncccc2OCCCc2cccnc2)c1. The van der Waals surface area contributed by atoms with Gasteiger partial charge in [0, 0.05) is 23.5 Å². The van der Waals surface area contributed by atoms with Crippen LogP contribution in [0.3, 0.4) is 0 Å². The van der Waals surface area contributed by atoms with Crippen LogP contribution in [0.25, 0.3) is 0 Å². The van der Waals surface area contributed by atoms with Crippen LogP contribution in [-0.4, -0.2) is 16.6 Å². The number of halogens is 1. The van der Waals surface area contributed by atoms with Crippen molar-refractivity contribution in [1.29, 1.82) is 0 Å². The molecule has 1 aromatic carbocycles. The second-order valence-corrected chi connectivity index (χ2v) is 6.24. The lowest BCUT2D eigenvalue weighted by molar-refractivity contribution is 0.301. The summed E-state index contributed by atoms with van der Waals surface area (Å²) in [6.07, 6.45) is 7.16. The molecule has 3 nitrogen and oxygen atoms in total. The lowest BCUT2D eigenvalue weighted by Crippen LogP contribution is -2.01. The molecule has 122 valence electrons. The first-order valence-corrected chi connectivity index (χ1v) is 8.53. The molecule has 0 aliphatic carbocycles. The van der Waals surface area contributed by atoms with Gasteiger partial charge in [-0.1, -0.05) is 23.9 Å². The third-order valence-corrected chi connectivity index (χ3v) is 4.33. The van der Waals surface area contributed by atoms with E-state index in [-0.39, 0.29) is 5.82 Å². The molecule has 0 unspecified atom stereocenters. The molecule has 0 N–H and O–H groups in total. The standard InChI is InChI=1S/C19H17FN2OS/c20-16-7-1-8-17(13-16)24-19-18(9-3-11-22-19)23-12-4-6-15-5-2-10-21-14-15/h1-3,5,7-11,13-14H,4,6,12H2. The summed E-state index contributed by atoms with van der Waals surface area (Å²) >= 11 is 1.40. The molecule has 5 heteroatoms. The highest BCUT2D eigenvalue weighted by molar-refractivity contribution is 7.99. The largest absolute Gasteiger partial charge is 0.491 e. The molecule has 3 aromatic rings. The zero-order valence-electron chi connectivity index (χ0n) is 13.1. The Morgan fingerprint density at radius 1 is 1.04 bits per heavy atom. The number of ether oxygens (including phenoxy) is 1. The van der Waals surface area contributed by atoms with Gasteiger partial charge < -0.3 is 4.74 Å². The average molecular weight is 340 g/mol. The van der Waals surface area contributed by atoms with Crippen molar-refractivity contribution in [3.8, 4) is 5.75 Å². The smallest absolute Gasteiger partial charge is 0.151 e. The minimum absolute atomic E-state index is 0.255. The van der Waals surface area contributed by atoms with Crippen LogP contribution in [0.4, 0.5) is 4.39 Å². The second-order valence-electron chi connectivity index (χ2n) is 5.18. The molecule has 0 saturated carbocycles. The summed E-state index contributed by atoms with van der Waals surface area (Å²) in [6.45, 7) is 0.595. The van der Waals surface area contributed by atoms with E-state index in [0.717, 1.165) is 28.5 Å². The quantitative estimate of drug-likeness (QED) is 0.580. The summed E-state index contributed by atoms with van der Waals surface area (Å²) in [6, 6.07) is 14.2. The molecule has 0 radical (unpaired) electrons. The monoisotopic (exact) mass is 340 g/mol. The Labute approximate surface area is 144 Å². The zero-order chi connectivity index (χ0) is 16.6. The first-order valence-electron chi connectivity index (χ1n) is 7.71. The molecular weight excluding hydrogens is 323 g/mol. The molecule has 3 rings (SSSR count). The summed E-state index contributed by atoms with van der Waals surface area (Å²) in [5.41, 5.74) is 1.20. The molecule has 0 aliphatic rings. The number of nitrogens with zero attached hydrogens (tertiary/aromatic N) is 2. The number of benzene rings is 1. The Hall–Kier alpha value is -2.40. The van der Waals surface area contributed by atoms with E-state index in [4.69, 9.17) is 4.74 Å². The highest BCUT2D eigenvalue weighted by Crippen LogP contribution is 2.33. The van der Waals surface area contributed by atoms with E-state index >= 15 is 0 Å². The third kappa shape index (κ3) is 4.80. The predicted molar refractivity (Wildman–Crippen MR) is 92.8 cm³/mol. The highest BCUT2D eigenvalue weighted by atomic mass is 32.2. The summed E-state index contributed by atoms with van der Waals surface area (Å²) < 4.78 is 19.2. The van der Waals surface area contributed by atoms with Crippen LogP contribution in [-0.2, 0) is 6.42 Å². The topological polar surface area (TPSA) is 35.0 Å². The van der Waals surface area contributed by atoms with Crippen LogP contribution in [0.2, 0.25) is 0 Å². The number of hydrogen-bond acceptors (Lipinski definition) is 4. The van der Waals surface area contributed by atoms with E-state index in [1.807, 2.05) is 30.5 Å². The highest BCUT2D eigenvalue weighted by Gasteiger charge is 2.07. The van der Waals surface area contributed by atoms with Gasteiger partial charge in [0.1, 0.15) is 10.8 Å². The van der Waals surface area contributed by atoms with Crippen molar-refractivity contribution >= 4 is 11.8 Å². The van der Waals surface area contributed by atoms with Gasteiger partial charge in [-0.05, 0) is 54.8 Å². The fourth-order valence-corrected chi connectivity index (χ4v) is 3.09. The van der Waals surface area contributed by atoms with Crippen LogP contribution < -0.4 is 4.74 Å². The second kappa shape index (κ2) is 8.45. The van der Waals surface area contributed by atoms with E-state index in [0.29, 0.717) is 6.61 Å². The van der Waals surface area contributed by atoms with Crippen molar-refractivity contribution in [2.75, 3.05) is 6.61 Å². The van der Waals surface area contributed by atoms with Crippen molar-refractivity contribution < 1.29 is 9.13 Å². The van der Waals surface area contributed by atoms with Gasteiger partial charge in [0.05, 0.1) is 6.61 Å². The van der Waals surface area contributed by atoms with Gasteiger partial charge >= 0.3 is 0 Å². The molecule has 0 atom stereocenters. The van der Waals surface area contributed by atoms with Gasteiger partial charge in [-0.2, -0.15) is 0 Å². The molecule has 2 heterocycles. The fraction of sp³-hybridized carbons (Fsp3) is 0.158. The maximum atomic E-state index is 13.3. The number of hydrogen-bond donors (Lipinski definition) is 0. The van der Waals surface area contributed by atoms with E-state index in [9.17, 15) is 4.39 Å². The number of aromatic nitrogens is 2. The average Bonchev–Trinajstić information content (AvgIpc) is 2.61. The lowest BCUT2D eigenvalue weighted by atomic mass is 10.2. The molecule has 0 amide bonds. The predicted octanol–water partition coefficient (Wildman–Crippen LogP) is 4.78. The Morgan fingerprint density at radius 3 is 2.79 bits per heavy atom. The summed E-state index contributed by atoms with van der Waals surface area (Å²) in [5, 5.41) is 0.740. The molecule has 0 saturated heterocycles. The maximum Gasteiger partial charge on any atom is 0.151 e. The fourth-order valence-electron chi connectivity index (χ4n) is 2.21. The normalized spacial score (nSPS) is 10.5. The Morgan fingerprint density at radius 2 is 1.96 bits per heavy atom. The minimum atomic E-state index is -0.255. The summed E-state index contributed by atoms with van der Waals surface area (Å²) in [4.78, 5) is 9.25. The number of aryl methyl sites for hydroxylation is 1. The Balaban J connectivity index is 1.58. The van der Waals surface area contributed by atoms with Crippen molar-refractivity contribution in [3.63, 3.8) is 0 Å². The van der Waals surface area contributed by atoms with Gasteiger partial charge in [0.2, 0.25) is 0 Å². The van der Waals surface area contributed by atoms with Gasteiger partial charge in [-0.25, -0.2) is 9.37 Å². The van der Waals surface area contributed by atoms with Crippen LogP contribution in [0.15, 0.2) is 77.0 Å². The molecule has 0 aliphatic heterocycles. The van der Waals surface area contributed by atoms with Crippen LogP contribution >= 0.6 is 11.8 Å². The molecular formula is C19H17FN2OS. The molecule has 0 fully saturated rings. The van der Waals surface area contributed by atoms with Gasteiger partial charge in [0.25, 0.3) is 0 Å². The lowest BCUT2D eigenvalue weighted by Gasteiger charge is -2.10. The van der Waals surface area contributed by atoms with Gasteiger partial charge in [-0.3, -0.25) is 4.98 Å². The van der Waals surface area contributed by atoms with Crippen molar-refractivity contribution in [2.45, 2.75) is 22.8 Å². The van der Waals surface area contributed by atoms with E-state index in [1.54, 1.807) is 18.5 Å². The Kier molecular flexibility index (Phi) is 5.80. The molecule has 24 heavy (non-hydrogen) atoms. The van der Waals surface area contributed by atoms with Crippen LogP contribution in [0.1, 0.15) is 12.0 Å². The third-order valence-electron chi connectivity index (χ3n) is 3.34. The minimum Gasteiger partial charge on any atom is -0.491 e. The van der Waals surface area contributed by atoms with Crippen LogP contribution in [0.5, 0.6) is 5.75 Å². The first-order chi connectivity index (χ1) is 11.8. The number of rotatable bonds is 7. The maximum absolute atomic E-state index is 13.3. The van der Waals surface area contributed by atoms with Crippen LogP contribution in [0, 0.1) is 5.82 Å².